The minimum absolute atomic E-state index is 0.0171. The van der Waals surface area contributed by atoms with Gasteiger partial charge in [-0.15, -0.1) is 0 Å². The molecule has 1 saturated carbocycles. The van der Waals surface area contributed by atoms with Gasteiger partial charge >= 0.3 is 0 Å². The lowest BCUT2D eigenvalue weighted by Gasteiger charge is -2.18. The molecule has 0 atom stereocenters. The standard InChI is InChI=1S/C13H15N3O2/c14-13(5-6-13)12(18)15-9-3-1-8-2-4-11(17)16-10(8)7-9/h1,3,7H,2,4-6,14H2,(H,15,18)(H,16,17). The molecule has 1 heterocycles. The summed E-state index contributed by atoms with van der Waals surface area (Å²) in [5.74, 6) is -0.131. The zero-order valence-electron chi connectivity index (χ0n) is 9.95. The second-order valence-electron chi connectivity index (χ2n) is 5.03. The summed E-state index contributed by atoms with van der Waals surface area (Å²) < 4.78 is 0. The Hall–Kier alpha value is -1.88. The van der Waals surface area contributed by atoms with Gasteiger partial charge in [-0.2, -0.15) is 0 Å². The molecule has 4 N–H and O–H groups in total. The Balaban J connectivity index is 1.79. The van der Waals surface area contributed by atoms with Crippen LogP contribution in [0.15, 0.2) is 18.2 Å². The first-order valence-corrected chi connectivity index (χ1v) is 6.10. The van der Waals surface area contributed by atoms with Crippen LogP contribution in [0.5, 0.6) is 0 Å². The number of carbonyl (C=O) groups is 2. The predicted molar refractivity (Wildman–Crippen MR) is 68.2 cm³/mol. The van der Waals surface area contributed by atoms with Gasteiger partial charge in [-0.25, -0.2) is 0 Å². The molecule has 1 fully saturated rings. The highest BCUT2D eigenvalue weighted by molar-refractivity contribution is 6.01. The van der Waals surface area contributed by atoms with Crippen molar-refractivity contribution in [3.63, 3.8) is 0 Å². The fourth-order valence-electron chi connectivity index (χ4n) is 2.07. The molecule has 2 aliphatic rings. The van der Waals surface area contributed by atoms with Crippen molar-refractivity contribution < 1.29 is 9.59 Å². The van der Waals surface area contributed by atoms with Crippen molar-refractivity contribution in [3.05, 3.63) is 23.8 Å². The van der Waals surface area contributed by atoms with Crippen LogP contribution in [0.25, 0.3) is 0 Å². The molecule has 0 radical (unpaired) electrons. The number of hydrogen-bond acceptors (Lipinski definition) is 3. The monoisotopic (exact) mass is 245 g/mol. The van der Waals surface area contributed by atoms with E-state index in [2.05, 4.69) is 10.6 Å². The quantitative estimate of drug-likeness (QED) is 0.726. The molecule has 94 valence electrons. The molecule has 1 aromatic carbocycles. The van der Waals surface area contributed by atoms with Crippen molar-refractivity contribution in [3.8, 4) is 0 Å². The fourth-order valence-corrected chi connectivity index (χ4v) is 2.07. The van der Waals surface area contributed by atoms with Gasteiger partial charge in [-0.05, 0) is 37.0 Å². The molecule has 0 saturated heterocycles. The van der Waals surface area contributed by atoms with Crippen molar-refractivity contribution in [1.29, 1.82) is 0 Å². The molecule has 1 aromatic rings. The second kappa shape index (κ2) is 3.81. The third-order valence-electron chi connectivity index (χ3n) is 3.50. The third-order valence-corrected chi connectivity index (χ3v) is 3.50. The van der Waals surface area contributed by atoms with Gasteiger partial charge in [0.25, 0.3) is 0 Å². The summed E-state index contributed by atoms with van der Waals surface area (Å²) in [4.78, 5) is 23.1. The number of amides is 2. The molecule has 18 heavy (non-hydrogen) atoms. The van der Waals surface area contributed by atoms with E-state index >= 15 is 0 Å². The van der Waals surface area contributed by atoms with Crippen LogP contribution < -0.4 is 16.4 Å². The van der Waals surface area contributed by atoms with Gasteiger partial charge in [-0.1, -0.05) is 6.07 Å². The Bertz CT molecular complexity index is 535. The minimum atomic E-state index is -0.681. The largest absolute Gasteiger partial charge is 0.326 e. The van der Waals surface area contributed by atoms with Crippen LogP contribution in [0, 0.1) is 0 Å². The first kappa shape index (κ1) is 11.2. The molecule has 5 nitrogen and oxygen atoms in total. The Labute approximate surface area is 105 Å². The molecule has 0 unspecified atom stereocenters. The van der Waals surface area contributed by atoms with Gasteiger partial charge in [0.1, 0.15) is 0 Å². The number of fused-ring (bicyclic) bond motifs is 1. The molecule has 1 aliphatic carbocycles. The lowest BCUT2D eigenvalue weighted by Crippen LogP contribution is -2.37. The first-order chi connectivity index (χ1) is 8.57. The van der Waals surface area contributed by atoms with E-state index in [0.717, 1.165) is 30.5 Å². The maximum absolute atomic E-state index is 11.8. The molecule has 3 rings (SSSR count). The van der Waals surface area contributed by atoms with E-state index in [1.54, 1.807) is 6.07 Å². The minimum Gasteiger partial charge on any atom is -0.326 e. The number of rotatable bonds is 2. The molecule has 0 spiro atoms. The first-order valence-electron chi connectivity index (χ1n) is 6.10. The predicted octanol–water partition coefficient (Wildman–Crippen LogP) is 1.00. The number of nitrogens with one attached hydrogen (secondary N) is 2. The molecule has 0 aromatic heterocycles. The molecular formula is C13H15N3O2. The highest BCUT2D eigenvalue weighted by Crippen LogP contribution is 2.34. The number of carbonyl (C=O) groups excluding carboxylic acids is 2. The van der Waals surface area contributed by atoms with Crippen molar-refractivity contribution in [2.45, 2.75) is 31.2 Å². The average molecular weight is 245 g/mol. The van der Waals surface area contributed by atoms with Crippen LogP contribution in [-0.4, -0.2) is 17.4 Å². The fraction of sp³-hybridized carbons (Fsp3) is 0.385. The Morgan fingerprint density at radius 1 is 1.33 bits per heavy atom. The van der Waals surface area contributed by atoms with Crippen LogP contribution in [0.4, 0.5) is 11.4 Å². The normalized spacial score (nSPS) is 19.7. The van der Waals surface area contributed by atoms with E-state index in [-0.39, 0.29) is 11.8 Å². The van der Waals surface area contributed by atoms with Crippen LogP contribution in [0.3, 0.4) is 0 Å². The summed E-state index contributed by atoms with van der Waals surface area (Å²) in [6.07, 6.45) is 2.74. The summed E-state index contributed by atoms with van der Waals surface area (Å²) in [6.45, 7) is 0. The number of nitrogens with two attached hydrogens (primary N) is 1. The summed E-state index contributed by atoms with van der Waals surface area (Å²) >= 11 is 0. The number of anilines is 2. The van der Waals surface area contributed by atoms with E-state index in [9.17, 15) is 9.59 Å². The van der Waals surface area contributed by atoms with E-state index in [4.69, 9.17) is 5.73 Å². The van der Waals surface area contributed by atoms with Gasteiger partial charge < -0.3 is 16.4 Å². The Kier molecular flexibility index (Phi) is 2.38. The zero-order chi connectivity index (χ0) is 12.8. The van der Waals surface area contributed by atoms with Crippen LogP contribution in [0.1, 0.15) is 24.8 Å². The van der Waals surface area contributed by atoms with Crippen LogP contribution in [-0.2, 0) is 16.0 Å². The van der Waals surface area contributed by atoms with Gasteiger partial charge in [0.05, 0.1) is 5.54 Å². The van der Waals surface area contributed by atoms with Crippen LogP contribution in [0.2, 0.25) is 0 Å². The maximum Gasteiger partial charge on any atom is 0.244 e. The smallest absolute Gasteiger partial charge is 0.244 e. The van der Waals surface area contributed by atoms with Crippen molar-refractivity contribution in [1.82, 2.24) is 0 Å². The second-order valence-corrected chi connectivity index (χ2v) is 5.03. The summed E-state index contributed by atoms with van der Waals surface area (Å²) in [5.41, 5.74) is 7.69. The summed E-state index contributed by atoms with van der Waals surface area (Å²) in [6, 6.07) is 5.57. The number of aryl methyl sites for hydroxylation is 1. The Morgan fingerprint density at radius 3 is 2.83 bits per heavy atom. The molecule has 0 bridgehead atoms. The maximum atomic E-state index is 11.8. The van der Waals surface area contributed by atoms with Gasteiger partial charge in [-0.3, -0.25) is 9.59 Å². The van der Waals surface area contributed by atoms with E-state index in [1.807, 2.05) is 12.1 Å². The molecule has 5 heteroatoms. The molecule has 2 amide bonds. The molecular weight excluding hydrogens is 230 g/mol. The van der Waals surface area contributed by atoms with Crippen LogP contribution >= 0.6 is 0 Å². The zero-order valence-corrected chi connectivity index (χ0v) is 9.95. The lowest BCUT2D eigenvalue weighted by atomic mass is 10.0. The van der Waals surface area contributed by atoms with Crippen molar-refractivity contribution in [2.75, 3.05) is 10.6 Å². The summed E-state index contributed by atoms with van der Waals surface area (Å²) in [5, 5.41) is 5.60. The SMILES string of the molecule is NC1(C(=O)Nc2ccc3c(c2)NC(=O)CC3)CC1. The number of hydrogen-bond donors (Lipinski definition) is 3. The van der Waals surface area contributed by atoms with Gasteiger partial charge in [0.15, 0.2) is 0 Å². The van der Waals surface area contributed by atoms with E-state index < -0.39 is 5.54 Å². The summed E-state index contributed by atoms with van der Waals surface area (Å²) in [7, 11) is 0. The lowest BCUT2D eigenvalue weighted by molar-refractivity contribution is -0.118. The topological polar surface area (TPSA) is 84.2 Å². The van der Waals surface area contributed by atoms with E-state index in [0.29, 0.717) is 12.1 Å². The van der Waals surface area contributed by atoms with E-state index in [1.165, 1.54) is 0 Å². The Morgan fingerprint density at radius 2 is 2.11 bits per heavy atom. The number of benzene rings is 1. The highest BCUT2D eigenvalue weighted by Gasteiger charge is 2.45. The van der Waals surface area contributed by atoms with Gasteiger partial charge in [0, 0.05) is 17.8 Å². The van der Waals surface area contributed by atoms with Crippen molar-refractivity contribution >= 4 is 23.2 Å². The highest BCUT2D eigenvalue weighted by atomic mass is 16.2. The third kappa shape index (κ3) is 1.97. The van der Waals surface area contributed by atoms with Crippen molar-refractivity contribution in [2.24, 2.45) is 5.73 Å². The molecule has 1 aliphatic heterocycles. The average Bonchev–Trinajstić information content (AvgIpc) is 3.08. The van der Waals surface area contributed by atoms with Gasteiger partial charge in [0.2, 0.25) is 11.8 Å².